The van der Waals surface area contributed by atoms with E-state index in [1.165, 1.54) is 4.90 Å². The van der Waals surface area contributed by atoms with E-state index in [4.69, 9.17) is 9.47 Å². The van der Waals surface area contributed by atoms with E-state index in [2.05, 4.69) is 4.98 Å². The average molecular weight is 515 g/mol. The van der Waals surface area contributed by atoms with Crippen molar-refractivity contribution >= 4 is 23.4 Å². The first-order valence-corrected chi connectivity index (χ1v) is 12.6. The molecule has 1 N–H and O–H groups in total. The monoisotopic (exact) mass is 514 g/mol. The van der Waals surface area contributed by atoms with Crippen LogP contribution in [0.3, 0.4) is 0 Å². The molecular formula is C30H30N2O6. The molecule has 0 bridgehead atoms. The summed E-state index contributed by atoms with van der Waals surface area (Å²) in [6.07, 6.45) is 4.76. The van der Waals surface area contributed by atoms with Gasteiger partial charge in [0.2, 0.25) is 0 Å². The fraction of sp³-hybridized carbons (Fsp3) is 0.267. The molecule has 1 aliphatic heterocycles. The van der Waals surface area contributed by atoms with Crippen molar-refractivity contribution in [3.05, 3.63) is 101 Å². The van der Waals surface area contributed by atoms with Gasteiger partial charge in [-0.2, -0.15) is 0 Å². The first-order valence-electron chi connectivity index (χ1n) is 12.6. The number of carbonyl (C=O) groups is 3. The first kappa shape index (κ1) is 26.6. The van der Waals surface area contributed by atoms with Crippen LogP contribution in [-0.2, 0) is 20.9 Å². The number of nitrogens with zero attached hydrogens (tertiary/aromatic N) is 2. The molecule has 2 heterocycles. The van der Waals surface area contributed by atoms with Gasteiger partial charge < -0.3 is 19.5 Å². The number of aliphatic hydroxyl groups is 1. The van der Waals surface area contributed by atoms with Crippen molar-refractivity contribution in [1.29, 1.82) is 0 Å². The fourth-order valence-corrected chi connectivity index (χ4v) is 4.23. The predicted octanol–water partition coefficient (Wildman–Crippen LogP) is 5.06. The molecule has 0 spiro atoms. The molecule has 1 aliphatic rings. The van der Waals surface area contributed by atoms with Crippen molar-refractivity contribution < 1.29 is 29.0 Å². The van der Waals surface area contributed by atoms with Crippen molar-refractivity contribution in [1.82, 2.24) is 9.88 Å². The number of esters is 1. The maximum Gasteiger partial charge on any atom is 0.338 e. The Morgan fingerprint density at radius 3 is 2.26 bits per heavy atom. The normalized spacial score (nSPS) is 16.5. The zero-order valence-electron chi connectivity index (χ0n) is 21.4. The van der Waals surface area contributed by atoms with Crippen LogP contribution in [0.2, 0.25) is 0 Å². The molecule has 1 aromatic heterocycles. The summed E-state index contributed by atoms with van der Waals surface area (Å²) in [5.74, 6) is -1.54. The molecule has 4 rings (SSSR count). The number of likely N-dealkylation sites (tertiary alicyclic amines) is 1. The average Bonchev–Trinajstić information content (AvgIpc) is 3.20. The van der Waals surface area contributed by atoms with Gasteiger partial charge in [0.1, 0.15) is 11.5 Å². The zero-order valence-corrected chi connectivity index (χ0v) is 21.4. The third kappa shape index (κ3) is 5.75. The maximum atomic E-state index is 13.2. The number of aromatic nitrogens is 1. The van der Waals surface area contributed by atoms with Crippen molar-refractivity contribution in [2.75, 3.05) is 13.2 Å². The number of amides is 1. The number of rotatable bonds is 10. The van der Waals surface area contributed by atoms with Gasteiger partial charge in [0.15, 0.2) is 0 Å². The van der Waals surface area contributed by atoms with Gasteiger partial charge in [0.05, 0.1) is 30.4 Å². The maximum absolute atomic E-state index is 13.2. The Hall–Kier alpha value is -4.46. The van der Waals surface area contributed by atoms with Crippen LogP contribution in [0.1, 0.15) is 59.8 Å². The second kappa shape index (κ2) is 12.2. The van der Waals surface area contributed by atoms with Gasteiger partial charge >= 0.3 is 5.97 Å². The highest BCUT2D eigenvalue weighted by molar-refractivity contribution is 6.46. The minimum absolute atomic E-state index is 0.00927. The summed E-state index contributed by atoms with van der Waals surface area (Å²) in [5, 5.41) is 11.2. The lowest BCUT2D eigenvalue weighted by atomic mass is 9.96. The van der Waals surface area contributed by atoms with E-state index in [-0.39, 0.29) is 17.9 Å². The van der Waals surface area contributed by atoms with Gasteiger partial charge in [0.25, 0.3) is 11.7 Å². The number of ether oxygens (including phenoxy) is 2. The Morgan fingerprint density at radius 2 is 1.63 bits per heavy atom. The Bertz CT molecular complexity index is 1320. The summed E-state index contributed by atoms with van der Waals surface area (Å²) in [4.78, 5) is 44.2. The number of carbonyl (C=O) groups excluding carboxylic acids is 3. The summed E-state index contributed by atoms with van der Waals surface area (Å²) < 4.78 is 10.8. The van der Waals surface area contributed by atoms with Crippen molar-refractivity contribution in [3.8, 4) is 5.75 Å². The number of hydrogen-bond donors (Lipinski definition) is 1. The Labute approximate surface area is 221 Å². The van der Waals surface area contributed by atoms with Crippen LogP contribution >= 0.6 is 0 Å². The first-order chi connectivity index (χ1) is 18.4. The minimum Gasteiger partial charge on any atom is -0.507 e. The lowest BCUT2D eigenvalue weighted by molar-refractivity contribution is -0.140. The lowest BCUT2D eigenvalue weighted by Gasteiger charge is -2.25. The van der Waals surface area contributed by atoms with Gasteiger partial charge in [-0.15, -0.1) is 0 Å². The molecule has 1 amide bonds. The topological polar surface area (TPSA) is 106 Å². The lowest BCUT2D eigenvalue weighted by Crippen LogP contribution is -2.29. The number of pyridine rings is 1. The van der Waals surface area contributed by atoms with Crippen LogP contribution < -0.4 is 4.74 Å². The Balaban J connectivity index is 1.67. The molecule has 1 fully saturated rings. The van der Waals surface area contributed by atoms with Crippen LogP contribution in [0.25, 0.3) is 5.76 Å². The van der Waals surface area contributed by atoms with E-state index >= 15 is 0 Å². The molecule has 8 heteroatoms. The standard InChI is InChI=1S/C30H30N2O6/c1-3-16-37-24-13-11-21(12-14-24)27(33)25-26(23-6-5-15-31-18-23)32(29(35)28(25)34)19-20-7-9-22(10-8-20)30(36)38-17-4-2/h5-15,18,26,33H,3-4,16-17,19H2,1-2H3/b27-25+. The van der Waals surface area contributed by atoms with Crippen molar-refractivity contribution in [3.63, 3.8) is 0 Å². The highest BCUT2D eigenvalue weighted by atomic mass is 16.5. The third-order valence-corrected chi connectivity index (χ3v) is 6.12. The largest absolute Gasteiger partial charge is 0.507 e. The van der Waals surface area contributed by atoms with Gasteiger partial charge in [-0.3, -0.25) is 14.6 Å². The van der Waals surface area contributed by atoms with Gasteiger partial charge in [-0.1, -0.05) is 32.0 Å². The summed E-state index contributed by atoms with van der Waals surface area (Å²) in [6, 6.07) is 16.1. The molecule has 8 nitrogen and oxygen atoms in total. The summed E-state index contributed by atoms with van der Waals surface area (Å²) in [7, 11) is 0. The smallest absolute Gasteiger partial charge is 0.338 e. The molecule has 1 saturated heterocycles. The van der Waals surface area contributed by atoms with E-state index in [1.54, 1.807) is 73.1 Å². The van der Waals surface area contributed by atoms with E-state index in [1.807, 2.05) is 13.8 Å². The van der Waals surface area contributed by atoms with Gasteiger partial charge in [-0.05, 0) is 66.4 Å². The highest BCUT2D eigenvalue weighted by Gasteiger charge is 2.46. The molecule has 0 saturated carbocycles. The van der Waals surface area contributed by atoms with Gasteiger partial charge in [0, 0.05) is 24.5 Å². The summed E-state index contributed by atoms with van der Waals surface area (Å²) >= 11 is 0. The molecule has 0 radical (unpaired) electrons. The third-order valence-electron chi connectivity index (χ3n) is 6.12. The molecule has 2 aromatic carbocycles. The highest BCUT2D eigenvalue weighted by Crippen LogP contribution is 2.40. The van der Waals surface area contributed by atoms with Crippen LogP contribution in [0.4, 0.5) is 0 Å². The molecule has 1 unspecified atom stereocenters. The zero-order chi connectivity index (χ0) is 27.1. The summed E-state index contributed by atoms with van der Waals surface area (Å²) in [5.41, 5.74) is 2.10. The number of Topliss-reactive ketones (excluding diaryl/α,β-unsaturated/α-hetero) is 1. The number of ketones is 1. The number of aliphatic hydroxyl groups excluding tert-OH is 1. The molecule has 38 heavy (non-hydrogen) atoms. The SMILES string of the molecule is CCCOC(=O)c1ccc(CN2C(=O)C(=O)/C(=C(/O)c3ccc(OCCC)cc3)C2c2cccnc2)cc1. The molecular weight excluding hydrogens is 484 g/mol. The second-order valence-electron chi connectivity index (χ2n) is 8.92. The van der Waals surface area contributed by atoms with Crippen LogP contribution in [0, 0.1) is 0 Å². The summed E-state index contributed by atoms with van der Waals surface area (Å²) in [6.45, 7) is 4.92. The second-order valence-corrected chi connectivity index (χ2v) is 8.92. The quantitative estimate of drug-likeness (QED) is 0.174. The molecule has 1 atom stereocenters. The Kier molecular flexibility index (Phi) is 8.53. The van der Waals surface area contributed by atoms with Crippen LogP contribution in [-0.4, -0.2) is 45.9 Å². The molecule has 196 valence electrons. The van der Waals surface area contributed by atoms with E-state index < -0.39 is 23.7 Å². The fourth-order valence-electron chi connectivity index (χ4n) is 4.23. The minimum atomic E-state index is -0.839. The van der Waals surface area contributed by atoms with Crippen LogP contribution in [0.15, 0.2) is 78.6 Å². The molecule has 0 aliphatic carbocycles. The van der Waals surface area contributed by atoms with Crippen molar-refractivity contribution in [2.45, 2.75) is 39.3 Å². The number of benzene rings is 2. The van der Waals surface area contributed by atoms with Crippen LogP contribution in [0.5, 0.6) is 5.75 Å². The van der Waals surface area contributed by atoms with Crippen molar-refractivity contribution in [2.24, 2.45) is 0 Å². The molecule has 3 aromatic rings. The van der Waals surface area contributed by atoms with Gasteiger partial charge in [-0.25, -0.2) is 4.79 Å². The van der Waals surface area contributed by atoms with E-state index in [0.29, 0.717) is 41.2 Å². The van der Waals surface area contributed by atoms with E-state index in [9.17, 15) is 19.5 Å². The number of hydrogen-bond acceptors (Lipinski definition) is 7. The predicted molar refractivity (Wildman–Crippen MR) is 141 cm³/mol. The van der Waals surface area contributed by atoms with E-state index in [0.717, 1.165) is 12.8 Å². The Morgan fingerprint density at radius 1 is 0.947 bits per heavy atom.